The highest BCUT2D eigenvalue weighted by atomic mass is 35.5. The van der Waals surface area contributed by atoms with E-state index in [2.05, 4.69) is 4.98 Å². The lowest BCUT2D eigenvalue weighted by Gasteiger charge is -2.17. The summed E-state index contributed by atoms with van der Waals surface area (Å²) in [5.41, 5.74) is 2.41. The number of thioether (sulfide) groups is 1. The molecule has 0 saturated heterocycles. The Morgan fingerprint density at radius 1 is 1.29 bits per heavy atom. The minimum atomic E-state index is -0.473. The van der Waals surface area contributed by atoms with Gasteiger partial charge in [0.05, 0.1) is 16.4 Å². The zero-order valence-corrected chi connectivity index (χ0v) is 16.8. The maximum atomic E-state index is 12.5. The van der Waals surface area contributed by atoms with E-state index in [0.29, 0.717) is 15.9 Å². The summed E-state index contributed by atoms with van der Waals surface area (Å²) >= 11 is 7.52. The van der Waals surface area contributed by atoms with Crippen LogP contribution < -0.4 is 4.90 Å². The fraction of sp³-hybridized carbons (Fsp3) is 0.158. The van der Waals surface area contributed by atoms with E-state index >= 15 is 0 Å². The Hall–Kier alpha value is -2.84. The van der Waals surface area contributed by atoms with Gasteiger partial charge < -0.3 is 4.90 Å². The SMILES string of the molecule is Cc1c(Cl)cccc1-n1ccnc1SCC(=O)N(C)c1ccc([N+](=O)[O-])cc1. The van der Waals surface area contributed by atoms with Crippen LogP contribution in [-0.2, 0) is 4.79 Å². The molecule has 0 radical (unpaired) electrons. The Morgan fingerprint density at radius 3 is 2.68 bits per heavy atom. The molecule has 0 N–H and O–H groups in total. The van der Waals surface area contributed by atoms with E-state index < -0.39 is 4.92 Å². The van der Waals surface area contributed by atoms with Crippen LogP contribution >= 0.6 is 23.4 Å². The van der Waals surface area contributed by atoms with Gasteiger partial charge in [0.25, 0.3) is 5.69 Å². The summed E-state index contributed by atoms with van der Waals surface area (Å²) in [5, 5.41) is 12.1. The molecule has 0 aliphatic heterocycles. The molecule has 0 saturated carbocycles. The summed E-state index contributed by atoms with van der Waals surface area (Å²) in [6, 6.07) is 11.5. The summed E-state index contributed by atoms with van der Waals surface area (Å²) < 4.78 is 1.89. The highest BCUT2D eigenvalue weighted by molar-refractivity contribution is 7.99. The average Bonchev–Trinajstić information content (AvgIpc) is 3.16. The van der Waals surface area contributed by atoms with Gasteiger partial charge in [-0.05, 0) is 36.8 Å². The summed E-state index contributed by atoms with van der Waals surface area (Å²) in [7, 11) is 1.64. The van der Waals surface area contributed by atoms with Gasteiger partial charge in [0.2, 0.25) is 5.91 Å². The smallest absolute Gasteiger partial charge is 0.269 e. The van der Waals surface area contributed by atoms with Crippen molar-refractivity contribution in [3.63, 3.8) is 0 Å². The van der Waals surface area contributed by atoms with E-state index in [9.17, 15) is 14.9 Å². The zero-order valence-electron chi connectivity index (χ0n) is 15.2. The molecule has 0 spiro atoms. The van der Waals surface area contributed by atoms with Gasteiger partial charge in [-0.1, -0.05) is 29.4 Å². The van der Waals surface area contributed by atoms with Crippen molar-refractivity contribution in [3.05, 3.63) is 75.6 Å². The molecule has 3 rings (SSSR count). The molecule has 28 heavy (non-hydrogen) atoms. The molecule has 0 fully saturated rings. The number of imidazole rings is 1. The number of amides is 1. The van der Waals surface area contributed by atoms with Crippen LogP contribution in [0.5, 0.6) is 0 Å². The van der Waals surface area contributed by atoms with Gasteiger partial charge in [-0.15, -0.1) is 0 Å². The van der Waals surface area contributed by atoms with Gasteiger partial charge >= 0.3 is 0 Å². The Balaban J connectivity index is 1.71. The normalized spacial score (nSPS) is 10.7. The zero-order chi connectivity index (χ0) is 20.3. The van der Waals surface area contributed by atoms with E-state index in [-0.39, 0.29) is 17.3 Å². The first-order chi connectivity index (χ1) is 13.4. The first kappa shape index (κ1) is 19.9. The van der Waals surface area contributed by atoms with E-state index in [1.165, 1.54) is 28.8 Å². The lowest BCUT2D eigenvalue weighted by molar-refractivity contribution is -0.384. The van der Waals surface area contributed by atoms with Crippen LogP contribution in [0.1, 0.15) is 5.56 Å². The average molecular weight is 417 g/mol. The largest absolute Gasteiger partial charge is 0.315 e. The van der Waals surface area contributed by atoms with Crippen molar-refractivity contribution in [1.82, 2.24) is 9.55 Å². The van der Waals surface area contributed by atoms with Crippen LogP contribution in [0.3, 0.4) is 0 Å². The van der Waals surface area contributed by atoms with Crippen molar-refractivity contribution in [2.45, 2.75) is 12.1 Å². The number of hydrogen-bond acceptors (Lipinski definition) is 5. The minimum absolute atomic E-state index is 0.0158. The number of aromatic nitrogens is 2. The molecule has 0 atom stereocenters. The van der Waals surface area contributed by atoms with Gasteiger partial charge in [0, 0.05) is 42.3 Å². The van der Waals surface area contributed by atoms with Gasteiger partial charge in [-0.3, -0.25) is 19.5 Å². The molecule has 0 aliphatic carbocycles. The number of anilines is 1. The number of carbonyl (C=O) groups is 1. The predicted molar refractivity (Wildman–Crippen MR) is 111 cm³/mol. The molecule has 1 amide bonds. The van der Waals surface area contributed by atoms with Gasteiger partial charge in [0.15, 0.2) is 5.16 Å². The van der Waals surface area contributed by atoms with Crippen LogP contribution in [0, 0.1) is 17.0 Å². The lowest BCUT2D eigenvalue weighted by Crippen LogP contribution is -2.28. The number of nitrogens with zero attached hydrogens (tertiary/aromatic N) is 4. The van der Waals surface area contributed by atoms with Crippen LogP contribution in [-0.4, -0.2) is 33.2 Å². The number of rotatable bonds is 6. The molecule has 7 nitrogen and oxygen atoms in total. The minimum Gasteiger partial charge on any atom is -0.315 e. The molecule has 2 aromatic carbocycles. The first-order valence-electron chi connectivity index (χ1n) is 8.31. The van der Waals surface area contributed by atoms with Crippen LogP contribution in [0.15, 0.2) is 60.0 Å². The van der Waals surface area contributed by atoms with E-state index in [4.69, 9.17) is 11.6 Å². The number of carbonyl (C=O) groups excluding carboxylic acids is 1. The topological polar surface area (TPSA) is 81.3 Å². The van der Waals surface area contributed by atoms with Gasteiger partial charge in [-0.2, -0.15) is 0 Å². The second kappa shape index (κ2) is 8.45. The second-order valence-electron chi connectivity index (χ2n) is 5.98. The van der Waals surface area contributed by atoms with E-state index in [0.717, 1.165) is 11.3 Å². The molecule has 3 aromatic rings. The van der Waals surface area contributed by atoms with Gasteiger partial charge in [-0.25, -0.2) is 4.98 Å². The van der Waals surface area contributed by atoms with Crippen molar-refractivity contribution < 1.29 is 9.72 Å². The third-order valence-electron chi connectivity index (χ3n) is 4.25. The number of nitro benzene ring substituents is 1. The third-order valence-corrected chi connectivity index (χ3v) is 5.61. The Bertz CT molecular complexity index is 1020. The summed E-state index contributed by atoms with van der Waals surface area (Å²) in [6.07, 6.45) is 3.50. The quantitative estimate of drug-likeness (QED) is 0.336. The van der Waals surface area contributed by atoms with Crippen molar-refractivity contribution in [3.8, 4) is 5.69 Å². The standard InChI is InChI=1S/C19H17ClN4O3S/c1-13-16(20)4-3-5-17(13)23-11-10-21-19(23)28-12-18(25)22(2)14-6-8-15(9-7-14)24(26)27/h3-11H,12H2,1-2H3. The summed E-state index contributed by atoms with van der Waals surface area (Å²) in [5.74, 6) is 0.0284. The van der Waals surface area contributed by atoms with Crippen molar-refractivity contribution in [2.24, 2.45) is 0 Å². The fourth-order valence-electron chi connectivity index (χ4n) is 2.60. The number of non-ortho nitro benzene ring substituents is 1. The number of halogens is 1. The maximum Gasteiger partial charge on any atom is 0.269 e. The Kier molecular flexibility index (Phi) is 6.01. The molecule has 1 aromatic heterocycles. The lowest BCUT2D eigenvalue weighted by atomic mass is 10.2. The monoisotopic (exact) mass is 416 g/mol. The van der Waals surface area contributed by atoms with Crippen molar-refractivity contribution in [2.75, 3.05) is 17.7 Å². The van der Waals surface area contributed by atoms with Crippen LogP contribution in [0.4, 0.5) is 11.4 Å². The second-order valence-corrected chi connectivity index (χ2v) is 7.33. The molecular formula is C19H17ClN4O3S. The Labute approximate surface area is 171 Å². The van der Waals surface area contributed by atoms with E-state index in [1.807, 2.05) is 35.9 Å². The van der Waals surface area contributed by atoms with E-state index in [1.54, 1.807) is 25.4 Å². The number of benzene rings is 2. The fourth-order valence-corrected chi connectivity index (χ4v) is 3.65. The first-order valence-corrected chi connectivity index (χ1v) is 9.67. The summed E-state index contributed by atoms with van der Waals surface area (Å²) in [6.45, 7) is 1.93. The van der Waals surface area contributed by atoms with Crippen LogP contribution in [0.2, 0.25) is 5.02 Å². The number of nitro groups is 1. The predicted octanol–water partition coefficient (Wildman–Crippen LogP) is 4.50. The van der Waals surface area contributed by atoms with Crippen molar-refractivity contribution in [1.29, 1.82) is 0 Å². The molecule has 0 aliphatic rings. The third kappa shape index (κ3) is 4.18. The molecule has 0 unspecified atom stereocenters. The number of hydrogen-bond donors (Lipinski definition) is 0. The van der Waals surface area contributed by atoms with Crippen molar-refractivity contribution >= 4 is 40.6 Å². The molecular weight excluding hydrogens is 400 g/mol. The molecule has 9 heteroatoms. The highest BCUT2D eigenvalue weighted by Gasteiger charge is 2.16. The van der Waals surface area contributed by atoms with Crippen LogP contribution in [0.25, 0.3) is 5.69 Å². The Morgan fingerprint density at radius 2 is 2.00 bits per heavy atom. The summed E-state index contributed by atoms with van der Waals surface area (Å²) in [4.78, 5) is 28.6. The molecule has 144 valence electrons. The maximum absolute atomic E-state index is 12.5. The van der Waals surface area contributed by atoms with Gasteiger partial charge in [0.1, 0.15) is 0 Å². The highest BCUT2D eigenvalue weighted by Crippen LogP contribution is 2.27. The molecule has 1 heterocycles. The molecule has 0 bridgehead atoms.